The molecule has 0 saturated carbocycles. The van der Waals surface area contributed by atoms with Crippen LogP contribution in [0.2, 0.25) is 0 Å². The van der Waals surface area contributed by atoms with Gasteiger partial charge in [-0.1, -0.05) is 26.8 Å². The van der Waals surface area contributed by atoms with Gasteiger partial charge in [0.05, 0.1) is 13.2 Å². The number of carbonyl (C=O) groups excluding carboxylic acids is 3. The summed E-state index contributed by atoms with van der Waals surface area (Å²) in [5, 5.41) is 2.84. The second-order valence-electron chi connectivity index (χ2n) is 7.16. The molecule has 0 atom stereocenters. The summed E-state index contributed by atoms with van der Waals surface area (Å²) in [5.74, 6) is -2.85. The lowest BCUT2D eigenvalue weighted by atomic mass is 9.91. The Balaban J connectivity index is 3.48. The van der Waals surface area contributed by atoms with Crippen molar-refractivity contribution in [1.82, 2.24) is 0 Å². The van der Waals surface area contributed by atoms with Crippen LogP contribution in [-0.2, 0) is 23.9 Å². The van der Waals surface area contributed by atoms with E-state index < -0.39 is 23.3 Å². The molecular weight excluding hydrogens is 334 g/mol. The fourth-order valence-corrected chi connectivity index (χ4v) is 2.30. The number of aryl methyl sites for hydroxylation is 2. The van der Waals surface area contributed by atoms with Gasteiger partial charge in [-0.2, -0.15) is 0 Å². The summed E-state index contributed by atoms with van der Waals surface area (Å²) in [7, 11) is 0. The third-order valence-electron chi connectivity index (χ3n) is 3.95. The molecule has 0 aliphatic heterocycles. The summed E-state index contributed by atoms with van der Waals surface area (Å²) >= 11 is 0. The van der Waals surface area contributed by atoms with Gasteiger partial charge < -0.3 is 14.8 Å². The van der Waals surface area contributed by atoms with E-state index >= 15 is 0 Å². The number of hydrogen-bond acceptors (Lipinski definition) is 5. The second-order valence-corrected chi connectivity index (χ2v) is 7.16. The number of benzene rings is 1. The van der Waals surface area contributed by atoms with Crippen LogP contribution in [0.1, 0.15) is 57.2 Å². The normalized spacial score (nSPS) is 11.2. The van der Waals surface area contributed by atoms with Crippen LogP contribution in [0.15, 0.2) is 12.1 Å². The molecule has 1 amide bonds. The lowest BCUT2D eigenvalue weighted by Crippen LogP contribution is -2.31. The van der Waals surface area contributed by atoms with Crippen molar-refractivity contribution < 1.29 is 23.9 Å². The predicted molar refractivity (Wildman–Crippen MR) is 100 cm³/mol. The van der Waals surface area contributed by atoms with Crippen LogP contribution in [0, 0.1) is 19.3 Å². The van der Waals surface area contributed by atoms with Crippen LogP contribution in [0.25, 0.3) is 0 Å². The van der Waals surface area contributed by atoms with E-state index in [-0.39, 0.29) is 19.1 Å². The van der Waals surface area contributed by atoms with Crippen LogP contribution in [0.4, 0.5) is 5.69 Å². The van der Waals surface area contributed by atoms with Crippen LogP contribution >= 0.6 is 0 Å². The van der Waals surface area contributed by atoms with Crippen LogP contribution in [0.3, 0.4) is 0 Å². The topological polar surface area (TPSA) is 81.7 Å². The quantitative estimate of drug-likeness (QED) is 0.618. The van der Waals surface area contributed by atoms with E-state index in [0.29, 0.717) is 11.3 Å². The number of hydrogen-bond donors (Lipinski definition) is 1. The highest BCUT2D eigenvalue weighted by atomic mass is 16.6. The molecule has 0 bridgehead atoms. The Bertz CT molecular complexity index is 670. The minimum atomic E-state index is -1.25. The van der Waals surface area contributed by atoms with Gasteiger partial charge >= 0.3 is 11.9 Å². The van der Waals surface area contributed by atoms with Crippen molar-refractivity contribution in [1.29, 1.82) is 0 Å². The van der Waals surface area contributed by atoms with E-state index in [1.54, 1.807) is 46.8 Å². The van der Waals surface area contributed by atoms with E-state index in [1.807, 2.05) is 13.8 Å². The monoisotopic (exact) mass is 363 g/mol. The van der Waals surface area contributed by atoms with E-state index in [2.05, 4.69) is 5.32 Å². The molecular formula is C20H29NO5. The lowest BCUT2D eigenvalue weighted by Gasteiger charge is -2.23. The van der Waals surface area contributed by atoms with Gasteiger partial charge in [-0.05, 0) is 44.9 Å². The van der Waals surface area contributed by atoms with Crippen LogP contribution < -0.4 is 5.32 Å². The molecule has 0 unspecified atom stereocenters. The van der Waals surface area contributed by atoms with E-state index in [9.17, 15) is 14.4 Å². The van der Waals surface area contributed by atoms with E-state index in [4.69, 9.17) is 9.47 Å². The standard InChI is InChI=1S/C20H29NO5/c1-8-25-17(22)16(18(23)26-9-2)14-10-12(3)13(4)11-15(14)21-19(24)20(5,6)7/h10-11,16H,8-9H2,1-7H3,(H,21,24). The molecule has 0 heterocycles. The van der Waals surface area contributed by atoms with Crippen molar-refractivity contribution >= 4 is 23.5 Å². The highest BCUT2D eigenvalue weighted by molar-refractivity contribution is 6.04. The van der Waals surface area contributed by atoms with Gasteiger partial charge in [0.25, 0.3) is 0 Å². The summed E-state index contributed by atoms with van der Waals surface area (Å²) in [5.41, 5.74) is 2.00. The molecule has 1 aromatic rings. The molecule has 1 rings (SSSR count). The Labute approximate surface area is 155 Å². The average molecular weight is 363 g/mol. The number of carbonyl (C=O) groups is 3. The van der Waals surface area contributed by atoms with E-state index in [1.165, 1.54) is 0 Å². The summed E-state index contributed by atoms with van der Waals surface area (Å²) in [4.78, 5) is 37.4. The molecule has 0 radical (unpaired) electrons. The molecule has 0 fully saturated rings. The fourth-order valence-electron chi connectivity index (χ4n) is 2.30. The van der Waals surface area contributed by atoms with Gasteiger partial charge in [-0.25, -0.2) is 0 Å². The maximum Gasteiger partial charge on any atom is 0.324 e. The first kappa shape index (κ1) is 21.7. The average Bonchev–Trinajstić information content (AvgIpc) is 2.51. The Morgan fingerprint density at radius 2 is 1.42 bits per heavy atom. The van der Waals surface area contributed by atoms with Crippen molar-refractivity contribution in [2.24, 2.45) is 5.41 Å². The molecule has 1 aromatic carbocycles. The number of ether oxygens (including phenoxy) is 2. The maximum absolute atomic E-state index is 12.5. The minimum absolute atomic E-state index is 0.142. The fraction of sp³-hybridized carbons (Fsp3) is 0.550. The second kappa shape index (κ2) is 8.83. The molecule has 1 N–H and O–H groups in total. The summed E-state index contributed by atoms with van der Waals surface area (Å²) < 4.78 is 10.1. The summed E-state index contributed by atoms with van der Waals surface area (Å²) in [6, 6.07) is 3.49. The van der Waals surface area contributed by atoms with E-state index in [0.717, 1.165) is 11.1 Å². The van der Waals surface area contributed by atoms with Crippen LogP contribution in [0.5, 0.6) is 0 Å². The largest absolute Gasteiger partial charge is 0.465 e. The van der Waals surface area contributed by atoms with Crippen molar-refractivity contribution in [2.45, 2.75) is 54.4 Å². The van der Waals surface area contributed by atoms with Gasteiger partial charge in [0.2, 0.25) is 5.91 Å². The van der Waals surface area contributed by atoms with Crippen molar-refractivity contribution in [3.63, 3.8) is 0 Å². The van der Waals surface area contributed by atoms with Gasteiger partial charge in [0.15, 0.2) is 5.92 Å². The maximum atomic E-state index is 12.5. The third-order valence-corrected chi connectivity index (χ3v) is 3.95. The molecule has 0 saturated heterocycles. The Morgan fingerprint density at radius 1 is 0.962 bits per heavy atom. The van der Waals surface area contributed by atoms with Crippen molar-refractivity contribution in [2.75, 3.05) is 18.5 Å². The predicted octanol–water partition coefficient (Wildman–Crippen LogP) is 3.50. The minimum Gasteiger partial charge on any atom is -0.465 e. The smallest absolute Gasteiger partial charge is 0.324 e. The molecule has 0 aromatic heterocycles. The van der Waals surface area contributed by atoms with Gasteiger partial charge in [-0.3, -0.25) is 14.4 Å². The van der Waals surface area contributed by atoms with Gasteiger partial charge in [-0.15, -0.1) is 0 Å². The number of nitrogens with one attached hydrogen (secondary N) is 1. The zero-order chi connectivity index (χ0) is 20.1. The highest BCUT2D eigenvalue weighted by Crippen LogP contribution is 2.31. The van der Waals surface area contributed by atoms with Gasteiger partial charge in [0, 0.05) is 16.7 Å². The SMILES string of the molecule is CCOC(=O)C(C(=O)OCC)c1cc(C)c(C)cc1NC(=O)C(C)(C)C. The summed E-state index contributed by atoms with van der Waals surface area (Å²) in [6.45, 7) is 12.8. The van der Waals surface area contributed by atoms with Gasteiger partial charge in [0.1, 0.15) is 0 Å². The molecule has 6 heteroatoms. The molecule has 0 spiro atoms. The first-order valence-corrected chi connectivity index (χ1v) is 8.78. The Morgan fingerprint density at radius 3 is 1.85 bits per heavy atom. The summed E-state index contributed by atoms with van der Waals surface area (Å²) in [6.07, 6.45) is 0. The zero-order valence-electron chi connectivity index (χ0n) is 16.7. The Kier molecular flexibility index (Phi) is 7.36. The molecule has 6 nitrogen and oxygen atoms in total. The number of esters is 2. The number of anilines is 1. The Hall–Kier alpha value is -2.37. The lowest BCUT2D eigenvalue weighted by molar-refractivity contribution is -0.157. The zero-order valence-corrected chi connectivity index (χ0v) is 16.7. The van der Waals surface area contributed by atoms with Crippen molar-refractivity contribution in [3.05, 3.63) is 28.8 Å². The first-order valence-electron chi connectivity index (χ1n) is 8.78. The first-order chi connectivity index (χ1) is 12.0. The molecule has 144 valence electrons. The highest BCUT2D eigenvalue weighted by Gasteiger charge is 2.34. The number of rotatable bonds is 6. The van der Waals surface area contributed by atoms with Crippen molar-refractivity contribution in [3.8, 4) is 0 Å². The number of amides is 1. The molecule has 0 aliphatic carbocycles. The third kappa shape index (κ3) is 5.31. The molecule has 0 aliphatic rings. The van der Waals surface area contributed by atoms with Crippen LogP contribution in [-0.4, -0.2) is 31.1 Å². The molecule has 26 heavy (non-hydrogen) atoms.